The van der Waals surface area contributed by atoms with Crippen LogP contribution < -0.4 is 5.73 Å². The second-order valence-corrected chi connectivity index (χ2v) is 7.61. The Morgan fingerprint density at radius 2 is 2.04 bits per heavy atom. The van der Waals surface area contributed by atoms with E-state index in [4.69, 9.17) is 15.7 Å². The number of halogens is 1. The van der Waals surface area contributed by atoms with Crippen LogP contribution in [0.5, 0.6) is 0 Å². The maximum absolute atomic E-state index is 12.8. The molecule has 0 amide bonds. The minimum absolute atomic E-state index is 0. The number of ether oxygens (including phenoxy) is 1. The fourth-order valence-electron chi connectivity index (χ4n) is 2.72. The highest BCUT2D eigenvalue weighted by molar-refractivity contribution is 7.89. The van der Waals surface area contributed by atoms with Crippen LogP contribution in [0.2, 0.25) is 0 Å². The Morgan fingerprint density at radius 3 is 2.58 bits per heavy atom. The van der Waals surface area contributed by atoms with Gasteiger partial charge in [-0.15, -0.1) is 12.4 Å². The molecule has 24 heavy (non-hydrogen) atoms. The Morgan fingerprint density at radius 1 is 1.38 bits per heavy atom. The van der Waals surface area contributed by atoms with Gasteiger partial charge >= 0.3 is 0 Å². The molecule has 0 aliphatic carbocycles. The van der Waals surface area contributed by atoms with E-state index in [-0.39, 0.29) is 23.4 Å². The Labute approximate surface area is 150 Å². The minimum Gasteiger partial charge on any atom is -0.378 e. The summed E-state index contributed by atoms with van der Waals surface area (Å²) >= 11 is 0. The molecule has 0 radical (unpaired) electrons. The molecule has 1 aliphatic heterocycles. The first kappa shape index (κ1) is 20.9. The zero-order chi connectivity index (χ0) is 16.9. The van der Waals surface area contributed by atoms with Gasteiger partial charge in [0.15, 0.2) is 0 Å². The number of nitrogens with zero attached hydrogens (tertiary/aromatic N) is 2. The maximum atomic E-state index is 12.8. The largest absolute Gasteiger partial charge is 0.378 e. The highest BCUT2D eigenvalue weighted by Gasteiger charge is 2.30. The molecule has 1 heterocycles. The van der Waals surface area contributed by atoms with Gasteiger partial charge < -0.3 is 10.5 Å². The van der Waals surface area contributed by atoms with Gasteiger partial charge in [-0.3, -0.25) is 0 Å². The third-order valence-corrected chi connectivity index (χ3v) is 6.08. The number of rotatable bonds is 6. The van der Waals surface area contributed by atoms with Crippen LogP contribution in [-0.2, 0) is 14.8 Å². The topological polar surface area (TPSA) is 96.4 Å². The molecule has 134 valence electrons. The standard InChI is InChI=1S/C16H23N3O3S.ClH/c1-13-11-14(12-18)3-4-16(13)23(20,21)19-8-5-15(6-9-19)22-10-2-7-17;/h3-4,11,15H,2,5-10,17H2,1H3;1H. The zero-order valence-corrected chi connectivity index (χ0v) is 15.4. The summed E-state index contributed by atoms with van der Waals surface area (Å²) in [4.78, 5) is 0.277. The van der Waals surface area contributed by atoms with Gasteiger partial charge in [0, 0.05) is 19.7 Å². The van der Waals surface area contributed by atoms with E-state index in [0.717, 1.165) is 6.42 Å². The quantitative estimate of drug-likeness (QED) is 0.767. The van der Waals surface area contributed by atoms with Crippen molar-refractivity contribution in [2.24, 2.45) is 5.73 Å². The number of hydrogen-bond acceptors (Lipinski definition) is 5. The summed E-state index contributed by atoms with van der Waals surface area (Å²) in [5, 5.41) is 8.89. The molecule has 2 rings (SSSR count). The van der Waals surface area contributed by atoms with Crippen LogP contribution >= 0.6 is 12.4 Å². The van der Waals surface area contributed by atoms with E-state index in [2.05, 4.69) is 0 Å². The summed E-state index contributed by atoms with van der Waals surface area (Å²) in [6, 6.07) is 6.69. The molecule has 1 aliphatic rings. The lowest BCUT2D eigenvalue weighted by molar-refractivity contribution is 0.0209. The number of nitriles is 1. The Hall–Kier alpha value is -1.17. The summed E-state index contributed by atoms with van der Waals surface area (Å²) in [5.41, 5.74) is 6.50. The molecule has 8 heteroatoms. The Bertz CT molecular complexity index is 680. The Balaban J connectivity index is 0.00000288. The molecule has 0 unspecified atom stereocenters. The van der Waals surface area contributed by atoms with Crippen molar-refractivity contribution in [1.29, 1.82) is 5.26 Å². The van der Waals surface area contributed by atoms with E-state index in [0.29, 0.717) is 50.2 Å². The number of aryl methyl sites for hydroxylation is 1. The van der Waals surface area contributed by atoms with Crippen molar-refractivity contribution in [2.75, 3.05) is 26.2 Å². The van der Waals surface area contributed by atoms with Crippen LogP contribution in [0.25, 0.3) is 0 Å². The van der Waals surface area contributed by atoms with E-state index in [1.807, 2.05) is 6.07 Å². The number of sulfonamides is 1. The Kier molecular flexibility index (Phi) is 8.13. The van der Waals surface area contributed by atoms with Crippen molar-refractivity contribution < 1.29 is 13.2 Å². The average Bonchev–Trinajstić information content (AvgIpc) is 2.55. The predicted octanol–water partition coefficient (Wildman–Crippen LogP) is 1.81. The smallest absolute Gasteiger partial charge is 0.243 e. The fraction of sp³-hybridized carbons (Fsp3) is 0.562. The summed E-state index contributed by atoms with van der Waals surface area (Å²) in [5.74, 6) is 0. The SMILES string of the molecule is Cc1cc(C#N)ccc1S(=O)(=O)N1CCC(OCCCN)CC1.Cl. The molecule has 1 aromatic rings. The lowest BCUT2D eigenvalue weighted by Gasteiger charge is -2.31. The van der Waals surface area contributed by atoms with E-state index in [1.165, 1.54) is 10.4 Å². The van der Waals surface area contributed by atoms with Crippen LogP contribution in [0, 0.1) is 18.3 Å². The van der Waals surface area contributed by atoms with E-state index in [1.54, 1.807) is 19.1 Å². The highest BCUT2D eigenvalue weighted by atomic mass is 35.5. The van der Waals surface area contributed by atoms with Crippen LogP contribution in [0.1, 0.15) is 30.4 Å². The summed E-state index contributed by atoms with van der Waals surface area (Å²) < 4.78 is 32.7. The summed E-state index contributed by atoms with van der Waals surface area (Å²) in [7, 11) is -3.52. The monoisotopic (exact) mass is 373 g/mol. The minimum atomic E-state index is -3.52. The molecule has 1 fully saturated rings. The highest BCUT2D eigenvalue weighted by Crippen LogP contribution is 2.25. The third kappa shape index (κ3) is 4.91. The second-order valence-electron chi connectivity index (χ2n) is 5.71. The molecule has 0 spiro atoms. The van der Waals surface area contributed by atoms with Crippen molar-refractivity contribution in [3.8, 4) is 6.07 Å². The van der Waals surface area contributed by atoms with E-state index < -0.39 is 10.0 Å². The average molecular weight is 374 g/mol. The van der Waals surface area contributed by atoms with Crippen LogP contribution in [0.15, 0.2) is 23.1 Å². The van der Waals surface area contributed by atoms with Crippen LogP contribution in [0.4, 0.5) is 0 Å². The molecular formula is C16H24ClN3O3S. The van der Waals surface area contributed by atoms with Crippen molar-refractivity contribution in [3.63, 3.8) is 0 Å². The lowest BCUT2D eigenvalue weighted by Crippen LogP contribution is -2.41. The molecule has 2 N–H and O–H groups in total. The van der Waals surface area contributed by atoms with Gasteiger partial charge in [-0.2, -0.15) is 9.57 Å². The van der Waals surface area contributed by atoms with Crippen LogP contribution in [-0.4, -0.2) is 45.1 Å². The predicted molar refractivity (Wildman–Crippen MR) is 94.5 cm³/mol. The number of hydrogen-bond donors (Lipinski definition) is 1. The normalized spacial score (nSPS) is 16.4. The number of benzene rings is 1. The summed E-state index contributed by atoms with van der Waals surface area (Å²) in [6.45, 7) is 3.86. The summed E-state index contributed by atoms with van der Waals surface area (Å²) in [6.07, 6.45) is 2.32. The van der Waals surface area contributed by atoms with Crippen molar-refractivity contribution in [1.82, 2.24) is 4.31 Å². The zero-order valence-electron chi connectivity index (χ0n) is 13.8. The second kappa shape index (κ2) is 9.35. The van der Waals surface area contributed by atoms with Gasteiger partial charge in [-0.1, -0.05) is 0 Å². The first-order valence-electron chi connectivity index (χ1n) is 7.81. The van der Waals surface area contributed by atoms with Gasteiger partial charge in [0.1, 0.15) is 0 Å². The molecular weight excluding hydrogens is 350 g/mol. The van der Waals surface area contributed by atoms with Crippen molar-refractivity contribution >= 4 is 22.4 Å². The van der Waals surface area contributed by atoms with Crippen LogP contribution in [0.3, 0.4) is 0 Å². The number of piperidine rings is 1. The van der Waals surface area contributed by atoms with Crippen molar-refractivity contribution in [2.45, 2.75) is 37.2 Å². The molecule has 0 aromatic heterocycles. The lowest BCUT2D eigenvalue weighted by atomic mass is 10.1. The van der Waals surface area contributed by atoms with E-state index >= 15 is 0 Å². The molecule has 1 aromatic carbocycles. The van der Waals surface area contributed by atoms with Gasteiger partial charge in [-0.25, -0.2) is 8.42 Å². The molecule has 1 saturated heterocycles. The van der Waals surface area contributed by atoms with Gasteiger partial charge in [-0.05, 0) is 56.5 Å². The van der Waals surface area contributed by atoms with Gasteiger partial charge in [0.25, 0.3) is 0 Å². The molecule has 6 nitrogen and oxygen atoms in total. The molecule has 0 atom stereocenters. The first-order chi connectivity index (χ1) is 11.0. The van der Waals surface area contributed by atoms with E-state index in [9.17, 15) is 8.42 Å². The van der Waals surface area contributed by atoms with Crippen molar-refractivity contribution in [3.05, 3.63) is 29.3 Å². The number of nitrogens with two attached hydrogens (primary N) is 1. The third-order valence-electron chi connectivity index (χ3n) is 4.02. The fourth-order valence-corrected chi connectivity index (χ4v) is 4.40. The first-order valence-corrected chi connectivity index (χ1v) is 9.25. The van der Waals surface area contributed by atoms with Gasteiger partial charge in [0.05, 0.1) is 22.6 Å². The molecule has 0 saturated carbocycles. The molecule has 0 bridgehead atoms. The maximum Gasteiger partial charge on any atom is 0.243 e. The van der Waals surface area contributed by atoms with Gasteiger partial charge in [0.2, 0.25) is 10.0 Å².